The van der Waals surface area contributed by atoms with E-state index in [1.807, 2.05) is 6.92 Å². The van der Waals surface area contributed by atoms with Gasteiger partial charge in [0.15, 0.2) is 0 Å². The first-order chi connectivity index (χ1) is 8.63. The molecule has 0 aliphatic heterocycles. The number of carbonyl (C=O) groups is 2. The van der Waals surface area contributed by atoms with Crippen LogP contribution in [0.2, 0.25) is 0 Å². The number of nitrogens with one attached hydrogen (secondary N) is 1. The van der Waals surface area contributed by atoms with Gasteiger partial charge in [0.2, 0.25) is 0 Å². The Morgan fingerprint density at radius 1 is 1.39 bits per heavy atom. The fourth-order valence-electron chi connectivity index (χ4n) is 2.40. The van der Waals surface area contributed by atoms with E-state index in [4.69, 9.17) is 9.84 Å². The molecular formula is C13H23NO4. The Morgan fingerprint density at radius 3 is 2.83 bits per heavy atom. The van der Waals surface area contributed by atoms with E-state index in [1.54, 1.807) is 0 Å². The predicted molar refractivity (Wildman–Crippen MR) is 67.3 cm³/mol. The van der Waals surface area contributed by atoms with Gasteiger partial charge in [0, 0.05) is 12.5 Å². The minimum absolute atomic E-state index is 0.00988. The Hall–Kier alpha value is -1.10. The highest BCUT2D eigenvalue weighted by Crippen LogP contribution is 2.25. The lowest BCUT2D eigenvalue weighted by Gasteiger charge is -2.28. The van der Waals surface area contributed by atoms with Crippen molar-refractivity contribution in [3.05, 3.63) is 0 Å². The number of carboxylic acids is 1. The maximum atomic E-state index is 11.6. The molecular weight excluding hydrogens is 234 g/mol. The molecule has 1 aliphatic carbocycles. The third-order valence-corrected chi connectivity index (χ3v) is 3.29. The van der Waals surface area contributed by atoms with Crippen LogP contribution in [0.1, 0.15) is 45.4 Å². The molecule has 5 nitrogen and oxygen atoms in total. The highest BCUT2D eigenvalue weighted by Gasteiger charge is 2.27. The predicted octanol–water partition coefficient (Wildman–Crippen LogP) is 1.56. The molecule has 2 unspecified atom stereocenters. The van der Waals surface area contributed by atoms with Crippen molar-refractivity contribution in [2.75, 3.05) is 13.2 Å². The highest BCUT2D eigenvalue weighted by atomic mass is 16.5. The Balaban J connectivity index is 2.22. The standard InChI is InChI=1S/C13H23NO4/c1-2-18-13(17)10-5-3-6-11(9-10)14-8-4-7-12(15)16/h10-11,14H,2-9H2,1H3,(H,15,16). The van der Waals surface area contributed by atoms with Crippen molar-refractivity contribution in [3.63, 3.8) is 0 Å². The monoisotopic (exact) mass is 257 g/mol. The molecule has 1 rings (SSSR count). The van der Waals surface area contributed by atoms with Crippen LogP contribution in [-0.4, -0.2) is 36.2 Å². The summed E-state index contributed by atoms with van der Waals surface area (Å²) >= 11 is 0. The zero-order chi connectivity index (χ0) is 13.4. The molecule has 0 radical (unpaired) electrons. The van der Waals surface area contributed by atoms with Crippen LogP contribution in [-0.2, 0) is 14.3 Å². The van der Waals surface area contributed by atoms with Crippen molar-refractivity contribution in [1.82, 2.24) is 5.32 Å². The average molecular weight is 257 g/mol. The summed E-state index contributed by atoms with van der Waals surface area (Å²) in [5.74, 6) is -0.838. The van der Waals surface area contributed by atoms with Crippen molar-refractivity contribution < 1.29 is 19.4 Å². The SMILES string of the molecule is CCOC(=O)C1CCCC(NCCCC(=O)O)C1. The smallest absolute Gasteiger partial charge is 0.308 e. The number of aliphatic carboxylic acids is 1. The molecule has 0 aromatic carbocycles. The average Bonchev–Trinajstić information content (AvgIpc) is 2.35. The maximum absolute atomic E-state index is 11.6. The zero-order valence-corrected chi connectivity index (χ0v) is 11.0. The Labute approximate surface area is 108 Å². The summed E-state index contributed by atoms with van der Waals surface area (Å²) in [6, 6.07) is 0.321. The second-order valence-electron chi connectivity index (χ2n) is 4.76. The Bertz CT molecular complexity index is 280. The van der Waals surface area contributed by atoms with Gasteiger partial charge < -0.3 is 15.2 Å². The van der Waals surface area contributed by atoms with Gasteiger partial charge in [0.25, 0.3) is 0 Å². The fourth-order valence-corrected chi connectivity index (χ4v) is 2.40. The number of hydrogen-bond acceptors (Lipinski definition) is 4. The number of carbonyl (C=O) groups excluding carboxylic acids is 1. The van der Waals surface area contributed by atoms with Crippen LogP contribution in [0.5, 0.6) is 0 Å². The summed E-state index contributed by atoms with van der Waals surface area (Å²) in [5.41, 5.74) is 0. The largest absolute Gasteiger partial charge is 0.481 e. The van der Waals surface area contributed by atoms with Crippen LogP contribution in [0.15, 0.2) is 0 Å². The second-order valence-corrected chi connectivity index (χ2v) is 4.76. The van der Waals surface area contributed by atoms with Crippen LogP contribution in [0.3, 0.4) is 0 Å². The van der Waals surface area contributed by atoms with Crippen molar-refractivity contribution in [2.45, 2.75) is 51.5 Å². The minimum Gasteiger partial charge on any atom is -0.481 e. The van der Waals surface area contributed by atoms with Gasteiger partial charge >= 0.3 is 11.9 Å². The molecule has 0 bridgehead atoms. The van der Waals surface area contributed by atoms with E-state index in [0.717, 1.165) is 25.7 Å². The van der Waals surface area contributed by atoms with Crippen LogP contribution < -0.4 is 5.32 Å². The van der Waals surface area contributed by atoms with Gasteiger partial charge in [-0.3, -0.25) is 9.59 Å². The van der Waals surface area contributed by atoms with Gasteiger partial charge in [-0.15, -0.1) is 0 Å². The van der Waals surface area contributed by atoms with E-state index in [-0.39, 0.29) is 18.3 Å². The first-order valence-electron chi connectivity index (χ1n) is 6.75. The quantitative estimate of drug-likeness (QED) is 0.535. The van der Waals surface area contributed by atoms with E-state index in [1.165, 1.54) is 0 Å². The summed E-state index contributed by atoms with van der Waals surface area (Å²) in [7, 11) is 0. The Morgan fingerprint density at radius 2 is 2.17 bits per heavy atom. The van der Waals surface area contributed by atoms with E-state index >= 15 is 0 Å². The third kappa shape index (κ3) is 5.49. The van der Waals surface area contributed by atoms with Crippen LogP contribution in [0, 0.1) is 5.92 Å². The van der Waals surface area contributed by atoms with Crippen molar-refractivity contribution >= 4 is 11.9 Å². The molecule has 0 amide bonds. The maximum Gasteiger partial charge on any atom is 0.308 e. The number of carboxylic acid groups (broad SMARTS) is 1. The van der Waals surface area contributed by atoms with Gasteiger partial charge in [-0.25, -0.2) is 0 Å². The summed E-state index contributed by atoms with van der Waals surface area (Å²) in [6.45, 7) is 2.96. The molecule has 18 heavy (non-hydrogen) atoms. The van der Waals surface area contributed by atoms with Crippen molar-refractivity contribution in [3.8, 4) is 0 Å². The van der Waals surface area contributed by atoms with Gasteiger partial charge in [0.05, 0.1) is 12.5 Å². The molecule has 0 spiro atoms. The molecule has 0 aromatic rings. The van der Waals surface area contributed by atoms with Gasteiger partial charge in [-0.1, -0.05) is 6.42 Å². The molecule has 5 heteroatoms. The number of rotatable bonds is 7. The molecule has 104 valence electrons. The molecule has 1 aliphatic rings. The minimum atomic E-state index is -0.759. The summed E-state index contributed by atoms with van der Waals surface area (Å²) in [6.07, 6.45) is 4.64. The van der Waals surface area contributed by atoms with E-state index in [0.29, 0.717) is 25.6 Å². The van der Waals surface area contributed by atoms with Gasteiger partial charge in [0.1, 0.15) is 0 Å². The van der Waals surface area contributed by atoms with Gasteiger partial charge in [-0.2, -0.15) is 0 Å². The van der Waals surface area contributed by atoms with Crippen LogP contribution in [0.4, 0.5) is 0 Å². The zero-order valence-electron chi connectivity index (χ0n) is 11.0. The lowest BCUT2D eigenvalue weighted by Crippen LogP contribution is -2.37. The second kappa shape index (κ2) is 8.08. The van der Waals surface area contributed by atoms with E-state index in [9.17, 15) is 9.59 Å². The Kier molecular flexibility index (Phi) is 6.72. The molecule has 1 saturated carbocycles. The normalized spacial score (nSPS) is 23.6. The third-order valence-electron chi connectivity index (χ3n) is 3.29. The summed E-state index contributed by atoms with van der Waals surface area (Å²) in [5, 5.41) is 11.9. The topological polar surface area (TPSA) is 75.6 Å². The molecule has 2 atom stereocenters. The lowest BCUT2D eigenvalue weighted by molar-refractivity contribution is -0.149. The number of ether oxygens (including phenoxy) is 1. The van der Waals surface area contributed by atoms with Crippen LogP contribution >= 0.6 is 0 Å². The molecule has 0 saturated heterocycles. The fraction of sp³-hybridized carbons (Fsp3) is 0.846. The van der Waals surface area contributed by atoms with Gasteiger partial charge in [-0.05, 0) is 39.2 Å². The molecule has 0 heterocycles. The van der Waals surface area contributed by atoms with Crippen molar-refractivity contribution in [1.29, 1.82) is 0 Å². The number of hydrogen-bond donors (Lipinski definition) is 2. The summed E-state index contributed by atoms with van der Waals surface area (Å²) < 4.78 is 5.04. The summed E-state index contributed by atoms with van der Waals surface area (Å²) in [4.78, 5) is 22.0. The van der Waals surface area contributed by atoms with E-state index < -0.39 is 5.97 Å². The first kappa shape index (κ1) is 15.0. The first-order valence-corrected chi connectivity index (χ1v) is 6.75. The molecule has 0 aromatic heterocycles. The lowest BCUT2D eigenvalue weighted by atomic mass is 9.85. The number of esters is 1. The van der Waals surface area contributed by atoms with Crippen molar-refractivity contribution in [2.24, 2.45) is 5.92 Å². The molecule has 1 fully saturated rings. The highest BCUT2D eigenvalue weighted by molar-refractivity contribution is 5.72. The molecule has 2 N–H and O–H groups in total. The van der Waals surface area contributed by atoms with E-state index in [2.05, 4.69) is 5.32 Å². The van der Waals surface area contributed by atoms with Crippen LogP contribution in [0.25, 0.3) is 0 Å².